The topological polar surface area (TPSA) is 59.8 Å². The maximum absolute atomic E-state index is 12.9. The first-order valence-corrected chi connectivity index (χ1v) is 8.90. The number of carbonyl (C=O) groups is 1. The van der Waals surface area contributed by atoms with E-state index in [1.54, 1.807) is 24.4 Å². The number of nitrogens with one attached hydrogen (secondary N) is 1. The number of aromatic nitrogens is 3. The number of halogens is 5. The Kier molecular flexibility index (Phi) is 5.07. The lowest BCUT2D eigenvalue weighted by atomic mass is 10.2. The average Bonchev–Trinajstić information content (AvgIpc) is 2.86. The predicted molar refractivity (Wildman–Crippen MR) is 97.7 cm³/mol. The summed E-state index contributed by atoms with van der Waals surface area (Å²) in [5.41, 5.74) is 0.197. The van der Waals surface area contributed by atoms with Crippen LogP contribution in [0, 0.1) is 6.92 Å². The minimum Gasteiger partial charge on any atom is -0.323 e. The molecule has 0 unspecified atom stereocenters. The van der Waals surface area contributed by atoms with Gasteiger partial charge in [0.25, 0.3) is 0 Å². The Labute approximate surface area is 162 Å². The van der Waals surface area contributed by atoms with Crippen molar-refractivity contribution in [3.8, 4) is 0 Å². The van der Waals surface area contributed by atoms with Gasteiger partial charge in [-0.1, -0.05) is 22.0 Å². The first-order valence-electron chi connectivity index (χ1n) is 7.31. The van der Waals surface area contributed by atoms with Crippen molar-refractivity contribution in [3.63, 3.8) is 0 Å². The standard InChI is InChI=1S/C16H11Br2F3N4O/c1-8-13(18)15(16(19,20)21)24-25(8)7-12(26)23-11-5-4-10(17)9-3-2-6-22-14(9)11/h2-6H,7H2,1H3,(H,23,26). The molecule has 10 heteroatoms. The van der Waals surface area contributed by atoms with E-state index in [2.05, 4.69) is 47.3 Å². The van der Waals surface area contributed by atoms with E-state index < -0.39 is 17.8 Å². The van der Waals surface area contributed by atoms with Gasteiger partial charge >= 0.3 is 6.18 Å². The number of nitrogens with zero attached hydrogens (tertiary/aromatic N) is 3. The predicted octanol–water partition coefficient (Wildman–Crippen LogP) is 4.92. The lowest BCUT2D eigenvalue weighted by Gasteiger charge is -2.10. The van der Waals surface area contributed by atoms with E-state index in [9.17, 15) is 18.0 Å². The third-order valence-corrected chi connectivity index (χ3v) is 5.33. The molecule has 0 radical (unpaired) electrons. The van der Waals surface area contributed by atoms with Crippen molar-refractivity contribution in [2.75, 3.05) is 5.32 Å². The van der Waals surface area contributed by atoms with E-state index in [4.69, 9.17) is 0 Å². The first-order chi connectivity index (χ1) is 12.2. The summed E-state index contributed by atoms with van der Waals surface area (Å²) >= 11 is 6.30. The largest absolute Gasteiger partial charge is 0.436 e. The van der Waals surface area contributed by atoms with Gasteiger partial charge < -0.3 is 5.32 Å². The van der Waals surface area contributed by atoms with Gasteiger partial charge in [-0.3, -0.25) is 14.5 Å². The van der Waals surface area contributed by atoms with Crippen LogP contribution in [0.2, 0.25) is 0 Å². The molecule has 2 aromatic heterocycles. The Balaban J connectivity index is 1.86. The molecule has 3 rings (SSSR count). The Morgan fingerprint density at radius 1 is 1.27 bits per heavy atom. The molecule has 0 saturated carbocycles. The minimum absolute atomic E-state index is 0.173. The minimum atomic E-state index is -4.60. The van der Waals surface area contributed by atoms with Crippen molar-refractivity contribution in [2.45, 2.75) is 19.6 Å². The SMILES string of the molecule is Cc1c(Br)c(C(F)(F)F)nn1CC(=O)Nc1ccc(Br)c2cccnc12. The number of alkyl halides is 3. The van der Waals surface area contributed by atoms with Crippen LogP contribution >= 0.6 is 31.9 Å². The summed E-state index contributed by atoms with van der Waals surface area (Å²) in [6.45, 7) is 1.10. The number of amides is 1. The highest BCUT2D eigenvalue weighted by molar-refractivity contribution is 9.11. The summed E-state index contributed by atoms with van der Waals surface area (Å²) in [6.07, 6.45) is -3.01. The molecule has 0 saturated heterocycles. The fourth-order valence-electron chi connectivity index (χ4n) is 2.42. The molecule has 0 atom stereocenters. The maximum atomic E-state index is 12.9. The summed E-state index contributed by atoms with van der Waals surface area (Å²) in [4.78, 5) is 16.6. The molecule has 2 heterocycles. The molecule has 0 aliphatic heterocycles. The second-order valence-electron chi connectivity index (χ2n) is 5.45. The van der Waals surface area contributed by atoms with Crippen molar-refractivity contribution in [2.24, 2.45) is 0 Å². The van der Waals surface area contributed by atoms with Crippen LogP contribution in [0.15, 0.2) is 39.4 Å². The number of rotatable bonds is 3. The Bertz CT molecular complexity index is 1000. The van der Waals surface area contributed by atoms with Crippen LogP contribution in [0.25, 0.3) is 10.9 Å². The summed E-state index contributed by atoms with van der Waals surface area (Å²) in [7, 11) is 0. The van der Waals surface area contributed by atoms with Crippen LogP contribution in [-0.4, -0.2) is 20.7 Å². The average molecular weight is 492 g/mol. The summed E-state index contributed by atoms with van der Waals surface area (Å²) in [5, 5.41) is 6.98. The van der Waals surface area contributed by atoms with Crippen LogP contribution in [0.4, 0.5) is 18.9 Å². The highest BCUT2D eigenvalue weighted by atomic mass is 79.9. The zero-order chi connectivity index (χ0) is 19.1. The van der Waals surface area contributed by atoms with E-state index in [-0.39, 0.29) is 16.7 Å². The molecule has 136 valence electrons. The normalized spacial score (nSPS) is 11.8. The molecule has 0 aliphatic carbocycles. The summed E-state index contributed by atoms with van der Waals surface area (Å²) in [5.74, 6) is -0.508. The van der Waals surface area contributed by atoms with Gasteiger partial charge in [-0.05, 0) is 41.1 Å². The van der Waals surface area contributed by atoms with Crippen LogP contribution in [-0.2, 0) is 17.5 Å². The molecule has 1 N–H and O–H groups in total. The van der Waals surface area contributed by atoms with Gasteiger partial charge in [0.2, 0.25) is 5.91 Å². The zero-order valence-corrected chi connectivity index (χ0v) is 16.4. The molecule has 0 bridgehead atoms. The van der Waals surface area contributed by atoms with Crippen molar-refractivity contribution in [1.82, 2.24) is 14.8 Å². The molecular weight excluding hydrogens is 481 g/mol. The fraction of sp³-hybridized carbons (Fsp3) is 0.188. The third-order valence-electron chi connectivity index (χ3n) is 3.69. The van der Waals surface area contributed by atoms with Gasteiger partial charge in [0.1, 0.15) is 6.54 Å². The fourth-order valence-corrected chi connectivity index (χ4v) is 3.38. The summed E-state index contributed by atoms with van der Waals surface area (Å²) in [6, 6.07) is 7.04. The monoisotopic (exact) mass is 490 g/mol. The number of anilines is 1. The lowest BCUT2D eigenvalue weighted by molar-refractivity contribution is -0.142. The smallest absolute Gasteiger partial charge is 0.323 e. The first kappa shape index (κ1) is 18.8. The van der Waals surface area contributed by atoms with Gasteiger partial charge in [-0.15, -0.1) is 0 Å². The number of fused-ring (bicyclic) bond motifs is 1. The van der Waals surface area contributed by atoms with E-state index in [1.165, 1.54) is 6.92 Å². The molecule has 0 fully saturated rings. The second kappa shape index (κ2) is 6.99. The number of pyridine rings is 1. The van der Waals surface area contributed by atoms with E-state index in [1.807, 2.05) is 6.07 Å². The second-order valence-corrected chi connectivity index (χ2v) is 7.09. The molecule has 5 nitrogen and oxygen atoms in total. The van der Waals surface area contributed by atoms with Crippen LogP contribution in [0.1, 0.15) is 11.4 Å². The van der Waals surface area contributed by atoms with Crippen LogP contribution in [0.3, 0.4) is 0 Å². The van der Waals surface area contributed by atoms with Gasteiger partial charge in [0.15, 0.2) is 5.69 Å². The van der Waals surface area contributed by atoms with E-state index >= 15 is 0 Å². The maximum Gasteiger partial charge on any atom is 0.436 e. The third kappa shape index (κ3) is 3.61. The highest BCUT2D eigenvalue weighted by Gasteiger charge is 2.38. The molecule has 0 spiro atoms. The van der Waals surface area contributed by atoms with Gasteiger partial charge in [0.05, 0.1) is 21.4 Å². The number of hydrogen-bond donors (Lipinski definition) is 1. The van der Waals surface area contributed by atoms with Crippen molar-refractivity contribution < 1.29 is 18.0 Å². The van der Waals surface area contributed by atoms with Gasteiger partial charge in [-0.25, -0.2) is 0 Å². The van der Waals surface area contributed by atoms with E-state index in [0.717, 1.165) is 14.5 Å². The lowest BCUT2D eigenvalue weighted by Crippen LogP contribution is -2.21. The van der Waals surface area contributed by atoms with Crippen molar-refractivity contribution in [1.29, 1.82) is 0 Å². The molecule has 26 heavy (non-hydrogen) atoms. The molecule has 1 amide bonds. The van der Waals surface area contributed by atoms with E-state index in [0.29, 0.717) is 11.2 Å². The number of benzene rings is 1. The zero-order valence-electron chi connectivity index (χ0n) is 13.2. The highest BCUT2D eigenvalue weighted by Crippen LogP contribution is 2.35. The van der Waals surface area contributed by atoms with Gasteiger partial charge in [-0.2, -0.15) is 18.3 Å². The molecule has 1 aromatic carbocycles. The Morgan fingerprint density at radius 3 is 2.65 bits per heavy atom. The van der Waals surface area contributed by atoms with Crippen molar-refractivity contribution in [3.05, 3.63) is 50.8 Å². The number of hydrogen-bond acceptors (Lipinski definition) is 3. The summed E-state index contributed by atoms with van der Waals surface area (Å²) < 4.78 is 40.4. The van der Waals surface area contributed by atoms with Crippen LogP contribution < -0.4 is 5.32 Å². The molecule has 3 aromatic rings. The Morgan fingerprint density at radius 2 is 2.00 bits per heavy atom. The van der Waals surface area contributed by atoms with Crippen LogP contribution in [0.5, 0.6) is 0 Å². The Hall–Kier alpha value is -1.94. The van der Waals surface area contributed by atoms with Gasteiger partial charge in [0, 0.05) is 16.1 Å². The number of carbonyl (C=O) groups excluding carboxylic acids is 1. The molecular formula is C16H11Br2F3N4O. The van der Waals surface area contributed by atoms with Crippen molar-refractivity contribution >= 4 is 54.4 Å². The molecule has 0 aliphatic rings. The quantitative estimate of drug-likeness (QED) is 0.565.